The highest BCUT2D eigenvalue weighted by atomic mass is 32.1. The SMILES string of the molecule is Cc1cc(CNC(C)C23CC4CC(CC(C4)C2)C3)c(C)s1. The van der Waals surface area contributed by atoms with Crippen LogP contribution in [0.3, 0.4) is 0 Å². The molecule has 0 aliphatic heterocycles. The Balaban J connectivity index is 1.45. The molecule has 0 spiro atoms. The molecule has 116 valence electrons. The van der Waals surface area contributed by atoms with E-state index >= 15 is 0 Å². The maximum atomic E-state index is 3.92. The third kappa shape index (κ3) is 2.49. The number of aryl methyl sites for hydroxylation is 2. The lowest BCUT2D eigenvalue weighted by molar-refractivity contribution is -0.0706. The molecule has 1 unspecified atom stereocenters. The van der Waals surface area contributed by atoms with Crippen LogP contribution in [0.5, 0.6) is 0 Å². The molecule has 21 heavy (non-hydrogen) atoms. The highest BCUT2D eigenvalue weighted by Gasteiger charge is 2.52. The maximum Gasteiger partial charge on any atom is 0.0219 e. The van der Waals surface area contributed by atoms with Gasteiger partial charge in [-0.15, -0.1) is 11.3 Å². The Bertz CT molecular complexity index is 494. The fourth-order valence-electron chi connectivity index (χ4n) is 6.05. The molecule has 1 N–H and O–H groups in total. The molecule has 2 heteroatoms. The predicted octanol–water partition coefficient (Wildman–Crippen LogP) is 5.06. The minimum absolute atomic E-state index is 0.633. The molecule has 0 saturated heterocycles. The zero-order valence-electron chi connectivity index (χ0n) is 13.7. The van der Waals surface area contributed by atoms with Gasteiger partial charge in [-0.3, -0.25) is 0 Å². The van der Waals surface area contributed by atoms with Crippen LogP contribution in [-0.4, -0.2) is 6.04 Å². The van der Waals surface area contributed by atoms with Crippen LogP contribution in [0, 0.1) is 37.0 Å². The third-order valence-corrected chi connectivity index (χ3v) is 7.75. The van der Waals surface area contributed by atoms with E-state index in [1.54, 1.807) is 19.3 Å². The third-order valence-electron chi connectivity index (χ3n) is 6.75. The van der Waals surface area contributed by atoms with Gasteiger partial charge in [0, 0.05) is 22.3 Å². The van der Waals surface area contributed by atoms with E-state index in [0.717, 1.165) is 24.3 Å². The maximum absolute atomic E-state index is 3.92. The van der Waals surface area contributed by atoms with Crippen LogP contribution in [0.15, 0.2) is 6.07 Å². The van der Waals surface area contributed by atoms with Crippen LogP contribution in [0.2, 0.25) is 0 Å². The quantitative estimate of drug-likeness (QED) is 0.820. The molecule has 4 fully saturated rings. The van der Waals surface area contributed by atoms with E-state index in [2.05, 4.69) is 32.2 Å². The van der Waals surface area contributed by atoms with E-state index in [4.69, 9.17) is 0 Å². The Morgan fingerprint density at radius 3 is 2.19 bits per heavy atom. The molecular weight excluding hydrogens is 274 g/mol. The largest absolute Gasteiger partial charge is 0.310 e. The lowest BCUT2D eigenvalue weighted by Crippen LogP contribution is -2.54. The summed E-state index contributed by atoms with van der Waals surface area (Å²) in [4.78, 5) is 2.95. The van der Waals surface area contributed by atoms with Crippen LogP contribution in [-0.2, 0) is 6.54 Å². The number of hydrogen-bond donors (Lipinski definition) is 1. The van der Waals surface area contributed by atoms with Gasteiger partial charge in [-0.2, -0.15) is 0 Å². The lowest BCUT2D eigenvalue weighted by Gasteiger charge is -2.59. The summed E-state index contributed by atoms with van der Waals surface area (Å²) in [7, 11) is 0. The molecule has 5 rings (SSSR count). The molecule has 0 amide bonds. The first-order valence-corrected chi connectivity index (χ1v) is 9.65. The fourth-order valence-corrected chi connectivity index (χ4v) is 6.99. The summed E-state index contributed by atoms with van der Waals surface area (Å²) in [5.41, 5.74) is 2.15. The summed E-state index contributed by atoms with van der Waals surface area (Å²) in [6, 6.07) is 3.06. The first kappa shape index (κ1) is 14.3. The van der Waals surface area contributed by atoms with Crippen molar-refractivity contribution in [1.29, 1.82) is 0 Å². The van der Waals surface area contributed by atoms with Crippen molar-refractivity contribution < 1.29 is 0 Å². The molecule has 4 saturated carbocycles. The van der Waals surface area contributed by atoms with Gasteiger partial charge in [-0.05, 0) is 94.1 Å². The smallest absolute Gasteiger partial charge is 0.0219 e. The van der Waals surface area contributed by atoms with E-state index in [9.17, 15) is 0 Å². The van der Waals surface area contributed by atoms with Gasteiger partial charge in [-0.1, -0.05) is 0 Å². The van der Waals surface area contributed by atoms with E-state index in [1.165, 1.54) is 34.6 Å². The van der Waals surface area contributed by atoms with Crippen molar-refractivity contribution in [2.75, 3.05) is 0 Å². The number of nitrogens with one attached hydrogen (secondary N) is 1. The molecule has 1 heterocycles. The Hall–Kier alpha value is -0.340. The summed E-state index contributed by atoms with van der Waals surface area (Å²) >= 11 is 1.94. The van der Waals surface area contributed by atoms with Gasteiger partial charge in [0.25, 0.3) is 0 Å². The van der Waals surface area contributed by atoms with Gasteiger partial charge in [-0.25, -0.2) is 0 Å². The fraction of sp³-hybridized carbons (Fsp3) is 0.789. The first-order valence-electron chi connectivity index (χ1n) is 8.83. The van der Waals surface area contributed by atoms with Crippen molar-refractivity contribution in [1.82, 2.24) is 5.32 Å². The molecule has 0 radical (unpaired) electrons. The van der Waals surface area contributed by atoms with Crippen molar-refractivity contribution in [3.8, 4) is 0 Å². The zero-order chi connectivity index (χ0) is 14.6. The molecule has 4 bridgehead atoms. The average molecular weight is 304 g/mol. The van der Waals surface area contributed by atoms with Crippen molar-refractivity contribution in [2.24, 2.45) is 23.2 Å². The standard InChI is InChI=1S/C19H29NS/c1-12-4-18(13(2)21-12)11-20-14(3)19-8-15-5-16(9-19)7-17(6-15)10-19/h4,14-17,20H,5-11H2,1-3H3. The summed E-state index contributed by atoms with van der Waals surface area (Å²) < 4.78 is 0. The average Bonchev–Trinajstić information content (AvgIpc) is 2.72. The summed E-state index contributed by atoms with van der Waals surface area (Å²) in [5.74, 6) is 3.18. The molecular formula is C19H29NS. The number of rotatable bonds is 4. The van der Waals surface area contributed by atoms with Gasteiger partial charge in [0.1, 0.15) is 0 Å². The van der Waals surface area contributed by atoms with Crippen molar-refractivity contribution in [3.63, 3.8) is 0 Å². The highest BCUT2D eigenvalue weighted by molar-refractivity contribution is 7.12. The van der Waals surface area contributed by atoms with Crippen LogP contribution in [0.4, 0.5) is 0 Å². The van der Waals surface area contributed by atoms with E-state index < -0.39 is 0 Å². The van der Waals surface area contributed by atoms with Gasteiger partial charge in [0.05, 0.1) is 0 Å². The Kier molecular flexibility index (Phi) is 3.46. The second-order valence-corrected chi connectivity index (χ2v) is 9.78. The molecule has 0 aromatic carbocycles. The predicted molar refractivity (Wildman–Crippen MR) is 90.7 cm³/mol. The summed E-state index contributed by atoms with van der Waals surface area (Å²) in [5, 5.41) is 3.92. The Morgan fingerprint density at radius 2 is 1.71 bits per heavy atom. The number of hydrogen-bond acceptors (Lipinski definition) is 2. The topological polar surface area (TPSA) is 12.0 Å². The second-order valence-electron chi connectivity index (χ2n) is 8.32. The van der Waals surface area contributed by atoms with Gasteiger partial charge in [0.2, 0.25) is 0 Å². The Morgan fingerprint density at radius 1 is 1.14 bits per heavy atom. The lowest BCUT2D eigenvalue weighted by atomic mass is 9.48. The van der Waals surface area contributed by atoms with Crippen molar-refractivity contribution in [3.05, 3.63) is 21.4 Å². The normalized spacial score (nSPS) is 38.9. The molecule has 1 aromatic rings. The minimum atomic E-state index is 0.633. The minimum Gasteiger partial charge on any atom is -0.310 e. The summed E-state index contributed by atoms with van der Waals surface area (Å²) in [6.07, 6.45) is 9.18. The molecule has 1 aromatic heterocycles. The van der Waals surface area contributed by atoms with Gasteiger partial charge in [0.15, 0.2) is 0 Å². The van der Waals surface area contributed by atoms with Crippen LogP contribution >= 0.6 is 11.3 Å². The van der Waals surface area contributed by atoms with Gasteiger partial charge >= 0.3 is 0 Å². The number of thiophene rings is 1. The molecule has 4 aliphatic rings. The second kappa shape index (κ2) is 5.09. The van der Waals surface area contributed by atoms with Crippen molar-refractivity contribution in [2.45, 2.75) is 71.9 Å². The monoisotopic (exact) mass is 303 g/mol. The zero-order valence-corrected chi connectivity index (χ0v) is 14.6. The van der Waals surface area contributed by atoms with E-state index in [-0.39, 0.29) is 0 Å². The molecule has 1 nitrogen and oxygen atoms in total. The Labute approximate surface area is 133 Å². The molecule has 1 atom stereocenters. The highest BCUT2D eigenvalue weighted by Crippen LogP contribution is 2.61. The van der Waals surface area contributed by atoms with Crippen LogP contribution in [0.1, 0.15) is 60.8 Å². The van der Waals surface area contributed by atoms with Crippen molar-refractivity contribution >= 4 is 11.3 Å². The molecule has 4 aliphatic carbocycles. The van der Waals surface area contributed by atoms with E-state index in [0.29, 0.717) is 11.5 Å². The summed E-state index contributed by atoms with van der Waals surface area (Å²) in [6.45, 7) is 8.04. The van der Waals surface area contributed by atoms with Crippen LogP contribution in [0.25, 0.3) is 0 Å². The van der Waals surface area contributed by atoms with Gasteiger partial charge < -0.3 is 5.32 Å². The van der Waals surface area contributed by atoms with E-state index in [1.807, 2.05) is 11.3 Å². The van der Waals surface area contributed by atoms with Crippen LogP contribution < -0.4 is 5.32 Å². The first-order chi connectivity index (χ1) is 10.0.